The Bertz CT molecular complexity index is 1240. The molecule has 1 atom stereocenters. The minimum atomic E-state index is -4.46. The monoisotopic (exact) mass is 447 g/mol. The number of phosphoric acid groups is 1. The smallest absolute Gasteiger partial charge is 0.395 e. The molecule has 3 aromatic rings. The van der Waals surface area contributed by atoms with Crippen molar-refractivity contribution in [2.75, 3.05) is 0 Å². The second-order valence-electron chi connectivity index (χ2n) is 7.12. The van der Waals surface area contributed by atoms with E-state index in [0.717, 1.165) is 23.1 Å². The lowest BCUT2D eigenvalue weighted by molar-refractivity contribution is 0.104. The summed E-state index contributed by atoms with van der Waals surface area (Å²) < 4.78 is 22.9. The van der Waals surface area contributed by atoms with Crippen LogP contribution in [0.3, 0.4) is 0 Å². The molecule has 0 fully saturated rings. The molecule has 7 heteroatoms. The van der Waals surface area contributed by atoms with Crippen LogP contribution in [0, 0.1) is 18.3 Å². The molecule has 0 radical (unpaired) electrons. The molecule has 0 aliphatic carbocycles. The molecule has 0 aliphatic heterocycles. The first-order valence-corrected chi connectivity index (χ1v) is 11.4. The topological polar surface area (TPSA) is 96.6 Å². The zero-order valence-electron chi connectivity index (χ0n) is 17.7. The Morgan fingerprint density at radius 1 is 1.06 bits per heavy atom. The van der Waals surface area contributed by atoms with Crippen molar-refractivity contribution in [2.45, 2.75) is 20.3 Å². The van der Waals surface area contributed by atoms with E-state index in [1.54, 1.807) is 54.6 Å². The molecule has 0 spiro atoms. The first kappa shape index (κ1) is 23.0. The van der Waals surface area contributed by atoms with E-state index in [4.69, 9.17) is 14.3 Å². The van der Waals surface area contributed by atoms with Gasteiger partial charge in [0, 0.05) is 5.56 Å². The third-order valence-electron chi connectivity index (χ3n) is 4.55. The number of carbonyl (C=O) groups is 1. The summed E-state index contributed by atoms with van der Waals surface area (Å²) in [5, 5.41) is 8.84. The fourth-order valence-corrected chi connectivity index (χ4v) is 3.80. The highest BCUT2D eigenvalue weighted by molar-refractivity contribution is 7.48. The summed E-state index contributed by atoms with van der Waals surface area (Å²) in [5.74, 6) is -0.0261. The van der Waals surface area contributed by atoms with E-state index in [1.165, 1.54) is 18.2 Å². The number of rotatable bonds is 8. The Morgan fingerprint density at radius 3 is 2.47 bits per heavy atom. The highest BCUT2D eigenvalue weighted by atomic mass is 31.2. The van der Waals surface area contributed by atoms with Gasteiger partial charge in [-0.05, 0) is 72.5 Å². The second kappa shape index (κ2) is 10.1. The predicted molar refractivity (Wildman–Crippen MR) is 123 cm³/mol. The predicted octanol–water partition coefficient (Wildman–Crippen LogP) is 5.88. The second-order valence-corrected chi connectivity index (χ2v) is 8.42. The van der Waals surface area contributed by atoms with Crippen LogP contribution in [0.15, 0.2) is 72.8 Å². The Morgan fingerprint density at radius 2 is 1.78 bits per heavy atom. The van der Waals surface area contributed by atoms with E-state index in [0.29, 0.717) is 5.56 Å². The minimum Gasteiger partial charge on any atom is -0.395 e. The van der Waals surface area contributed by atoms with Crippen molar-refractivity contribution in [3.8, 4) is 17.6 Å². The first-order chi connectivity index (χ1) is 15.3. The van der Waals surface area contributed by atoms with Gasteiger partial charge in [0.1, 0.15) is 11.5 Å². The SMILES string of the molecule is CCc1cc(C)cc(OP(=O)(O)Oc2cccc(C(=O)C=Cc3ccc(C#N)cc3)c2)c1. The molecule has 32 heavy (non-hydrogen) atoms. The van der Waals surface area contributed by atoms with E-state index in [9.17, 15) is 14.3 Å². The molecule has 0 aromatic heterocycles. The third kappa shape index (κ3) is 6.42. The molecule has 0 heterocycles. The molecule has 0 aliphatic rings. The molecular formula is C25H22NO5P. The van der Waals surface area contributed by atoms with Gasteiger partial charge in [-0.1, -0.05) is 43.3 Å². The number of nitrogens with zero attached hydrogens (tertiary/aromatic N) is 1. The van der Waals surface area contributed by atoms with Crippen molar-refractivity contribution >= 4 is 19.7 Å². The number of phosphoric ester groups is 1. The Kier molecular flexibility index (Phi) is 7.27. The van der Waals surface area contributed by atoms with Crippen LogP contribution < -0.4 is 9.05 Å². The molecule has 0 bridgehead atoms. The van der Waals surface area contributed by atoms with Crippen LogP contribution in [0.5, 0.6) is 11.5 Å². The molecule has 6 nitrogen and oxygen atoms in total. The molecule has 3 aromatic carbocycles. The summed E-state index contributed by atoms with van der Waals surface area (Å²) in [6, 6.07) is 20.1. The lowest BCUT2D eigenvalue weighted by Gasteiger charge is -2.15. The molecule has 0 saturated carbocycles. The summed E-state index contributed by atoms with van der Waals surface area (Å²) in [7, 11) is -4.46. The molecular weight excluding hydrogens is 425 g/mol. The van der Waals surface area contributed by atoms with Gasteiger partial charge < -0.3 is 9.05 Å². The lowest BCUT2D eigenvalue weighted by atomic mass is 10.1. The van der Waals surface area contributed by atoms with Gasteiger partial charge in [0.2, 0.25) is 0 Å². The summed E-state index contributed by atoms with van der Waals surface area (Å²) in [6.45, 7) is 3.85. The van der Waals surface area contributed by atoms with Gasteiger partial charge in [-0.25, -0.2) is 4.57 Å². The lowest BCUT2D eigenvalue weighted by Crippen LogP contribution is -2.02. The number of allylic oxidation sites excluding steroid dienone is 1. The average molecular weight is 447 g/mol. The molecule has 162 valence electrons. The van der Waals surface area contributed by atoms with Gasteiger partial charge in [0.05, 0.1) is 11.6 Å². The molecule has 3 rings (SSSR count). The van der Waals surface area contributed by atoms with E-state index in [2.05, 4.69) is 0 Å². The van der Waals surface area contributed by atoms with Crippen LogP contribution in [0.2, 0.25) is 0 Å². The zero-order chi connectivity index (χ0) is 23.1. The van der Waals surface area contributed by atoms with Gasteiger partial charge >= 0.3 is 7.82 Å². The summed E-state index contributed by atoms with van der Waals surface area (Å²) in [4.78, 5) is 22.7. The van der Waals surface area contributed by atoms with Crippen LogP contribution >= 0.6 is 7.82 Å². The number of carbonyl (C=O) groups excluding carboxylic acids is 1. The highest BCUT2D eigenvalue weighted by Gasteiger charge is 2.25. The van der Waals surface area contributed by atoms with Gasteiger partial charge in [0.15, 0.2) is 5.78 Å². The Labute approximate surface area is 187 Å². The van der Waals surface area contributed by atoms with Crippen LogP contribution in [-0.4, -0.2) is 10.7 Å². The molecule has 1 N–H and O–H groups in total. The van der Waals surface area contributed by atoms with Crippen LogP contribution in [0.4, 0.5) is 0 Å². The summed E-state index contributed by atoms with van der Waals surface area (Å²) in [6.07, 6.45) is 3.77. The number of benzene rings is 3. The van der Waals surface area contributed by atoms with Crippen molar-refractivity contribution in [1.29, 1.82) is 5.26 Å². The van der Waals surface area contributed by atoms with Crippen LogP contribution in [0.25, 0.3) is 6.08 Å². The molecule has 0 amide bonds. The quantitative estimate of drug-likeness (QED) is 0.263. The number of nitriles is 1. The summed E-state index contributed by atoms with van der Waals surface area (Å²) in [5.41, 5.74) is 3.46. The zero-order valence-corrected chi connectivity index (χ0v) is 18.6. The largest absolute Gasteiger partial charge is 0.584 e. The maximum Gasteiger partial charge on any atom is 0.584 e. The number of aryl methyl sites for hydroxylation is 2. The number of hydrogen-bond donors (Lipinski definition) is 1. The van der Waals surface area contributed by atoms with Gasteiger partial charge in [-0.15, -0.1) is 0 Å². The fraction of sp³-hybridized carbons (Fsp3) is 0.120. The number of hydrogen-bond acceptors (Lipinski definition) is 5. The maximum atomic E-state index is 12.5. The third-order valence-corrected chi connectivity index (χ3v) is 5.43. The average Bonchev–Trinajstić information content (AvgIpc) is 2.76. The van der Waals surface area contributed by atoms with Crippen molar-refractivity contribution in [3.63, 3.8) is 0 Å². The Hall–Kier alpha value is -3.65. The Balaban J connectivity index is 1.71. The van der Waals surface area contributed by atoms with Crippen LogP contribution in [0.1, 0.15) is 39.5 Å². The van der Waals surface area contributed by atoms with Gasteiger partial charge in [-0.2, -0.15) is 5.26 Å². The van der Waals surface area contributed by atoms with Crippen LogP contribution in [-0.2, 0) is 11.0 Å². The van der Waals surface area contributed by atoms with E-state index in [1.807, 2.05) is 26.0 Å². The molecule has 1 unspecified atom stereocenters. The maximum absolute atomic E-state index is 12.5. The van der Waals surface area contributed by atoms with Gasteiger partial charge in [-0.3, -0.25) is 9.69 Å². The highest BCUT2D eigenvalue weighted by Crippen LogP contribution is 2.44. The van der Waals surface area contributed by atoms with Crippen molar-refractivity contribution in [2.24, 2.45) is 0 Å². The fourth-order valence-electron chi connectivity index (χ4n) is 3.01. The summed E-state index contributed by atoms with van der Waals surface area (Å²) >= 11 is 0. The molecule has 0 saturated heterocycles. The number of ketones is 1. The van der Waals surface area contributed by atoms with Crippen molar-refractivity contribution < 1.29 is 23.3 Å². The van der Waals surface area contributed by atoms with E-state index < -0.39 is 7.82 Å². The van der Waals surface area contributed by atoms with Crippen molar-refractivity contribution in [1.82, 2.24) is 0 Å². The first-order valence-electron chi connectivity index (χ1n) is 9.93. The van der Waals surface area contributed by atoms with Gasteiger partial charge in [0.25, 0.3) is 0 Å². The normalized spacial score (nSPS) is 12.7. The van der Waals surface area contributed by atoms with E-state index >= 15 is 0 Å². The van der Waals surface area contributed by atoms with Crippen molar-refractivity contribution in [3.05, 3.63) is 101 Å². The minimum absolute atomic E-state index is 0.0387. The standard InChI is InChI=1S/C25H22NO5P/c1-3-19-13-18(2)14-24(15-19)31-32(28,29)30-23-6-4-5-22(16-23)25(27)12-11-20-7-9-21(17-26)10-8-20/h4-16H,3H2,1-2H3,(H,28,29). The van der Waals surface area contributed by atoms with E-state index in [-0.39, 0.29) is 22.8 Å².